The Morgan fingerprint density at radius 1 is 1.24 bits per heavy atom. The van der Waals surface area contributed by atoms with Gasteiger partial charge in [-0.1, -0.05) is 44.5 Å². The molecule has 0 bridgehead atoms. The van der Waals surface area contributed by atoms with Crippen LogP contribution in [0.1, 0.15) is 38.7 Å². The number of carboxylic acids is 1. The number of halogens is 1. The number of carbonyl (C=O) groups is 2. The normalized spacial score (nSPS) is 13.8. The second-order valence-corrected chi connectivity index (χ2v) is 5.92. The summed E-state index contributed by atoms with van der Waals surface area (Å²) < 4.78 is 0. The van der Waals surface area contributed by atoms with Crippen LogP contribution in [0.25, 0.3) is 0 Å². The molecule has 1 N–H and O–H groups in total. The molecule has 0 aromatic heterocycles. The van der Waals surface area contributed by atoms with Crippen molar-refractivity contribution in [1.82, 2.24) is 4.90 Å². The van der Waals surface area contributed by atoms with Crippen LogP contribution in [0.4, 0.5) is 0 Å². The third-order valence-corrected chi connectivity index (χ3v) is 3.90. The first kappa shape index (κ1) is 17.5. The van der Waals surface area contributed by atoms with Gasteiger partial charge in [0.25, 0.3) is 0 Å². The van der Waals surface area contributed by atoms with Crippen LogP contribution in [-0.2, 0) is 9.59 Å². The zero-order chi connectivity index (χ0) is 16.2. The SMILES string of the molecule is CCC(C(=O)O)N(C)C(=O)C(c1ccc(Cl)cc1)C(C)C. The number of amides is 1. The molecule has 1 aromatic carbocycles. The van der Waals surface area contributed by atoms with E-state index in [9.17, 15) is 14.7 Å². The van der Waals surface area contributed by atoms with Crippen molar-refractivity contribution in [3.63, 3.8) is 0 Å². The van der Waals surface area contributed by atoms with Crippen molar-refractivity contribution in [3.05, 3.63) is 34.9 Å². The van der Waals surface area contributed by atoms with Gasteiger partial charge in [0, 0.05) is 12.1 Å². The molecule has 1 amide bonds. The van der Waals surface area contributed by atoms with Crippen LogP contribution in [-0.4, -0.2) is 35.0 Å². The third-order valence-electron chi connectivity index (χ3n) is 3.65. The molecule has 116 valence electrons. The fourth-order valence-corrected chi connectivity index (χ4v) is 2.60. The molecular formula is C16H22ClNO3. The third kappa shape index (κ3) is 4.21. The van der Waals surface area contributed by atoms with E-state index >= 15 is 0 Å². The highest BCUT2D eigenvalue weighted by molar-refractivity contribution is 6.30. The summed E-state index contributed by atoms with van der Waals surface area (Å²) in [4.78, 5) is 25.3. The summed E-state index contributed by atoms with van der Waals surface area (Å²) in [6.45, 7) is 5.66. The number of carbonyl (C=O) groups excluding carboxylic acids is 1. The maximum Gasteiger partial charge on any atom is 0.326 e. The number of likely N-dealkylation sites (N-methyl/N-ethyl adjacent to an activating group) is 1. The van der Waals surface area contributed by atoms with E-state index in [1.165, 1.54) is 4.90 Å². The largest absolute Gasteiger partial charge is 0.480 e. The van der Waals surface area contributed by atoms with Gasteiger partial charge in [0.1, 0.15) is 6.04 Å². The molecule has 5 heteroatoms. The number of rotatable bonds is 6. The molecule has 0 saturated carbocycles. The lowest BCUT2D eigenvalue weighted by atomic mass is 9.87. The quantitative estimate of drug-likeness (QED) is 0.876. The van der Waals surface area contributed by atoms with Crippen LogP contribution in [0.5, 0.6) is 0 Å². The molecule has 4 nitrogen and oxygen atoms in total. The second-order valence-electron chi connectivity index (χ2n) is 5.48. The molecule has 0 radical (unpaired) electrons. The van der Waals surface area contributed by atoms with Gasteiger partial charge in [-0.25, -0.2) is 4.79 Å². The topological polar surface area (TPSA) is 57.6 Å². The Morgan fingerprint density at radius 2 is 1.76 bits per heavy atom. The Hall–Kier alpha value is -1.55. The highest BCUT2D eigenvalue weighted by Gasteiger charge is 2.32. The first-order valence-electron chi connectivity index (χ1n) is 7.04. The fourth-order valence-electron chi connectivity index (χ4n) is 2.47. The molecule has 0 aliphatic rings. The summed E-state index contributed by atoms with van der Waals surface area (Å²) in [5.74, 6) is -1.47. The number of nitrogens with zero attached hydrogens (tertiary/aromatic N) is 1. The predicted octanol–water partition coefficient (Wildman–Crippen LogP) is 3.40. The van der Waals surface area contributed by atoms with Crippen molar-refractivity contribution in [2.24, 2.45) is 5.92 Å². The Kier molecular flexibility index (Phi) is 6.21. The molecular weight excluding hydrogens is 290 g/mol. The van der Waals surface area contributed by atoms with Gasteiger partial charge in [0.2, 0.25) is 5.91 Å². The highest BCUT2D eigenvalue weighted by atomic mass is 35.5. The van der Waals surface area contributed by atoms with Crippen LogP contribution in [0.3, 0.4) is 0 Å². The molecule has 0 spiro atoms. The Labute approximate surface area is 130 Å². The predicted molar refractivity (Wildman–Crippen MR) is 83.5 cm³/mol. The van der Waals surface area contributed by atoms with Crippen molar-refractivity contribution < 1.29 is 14.7 Å². The van der Waals surface area contributed by atoms with Crippen molar-refractivity contribution in [2.75, 3.05) is 7.05 Å². The van der Waals surface area contributed by atoms with Gasteiger partial charge in [-0.05, 0) is 30.0 Å². The summed E-state index contributed by atoms with van der Waals surface area (Å²) in [6.07, 6.45) is 0.378. The summed E-state index contributed by atoms with van der Waals surface area (Å²) in [5, 5.41) is 9.82. The van der Waals surface area contributed by atoms with Gasteiger partial charge < -0.3 is 10.0 Å². The fraction of sp³-hybridized carbons (Fsp3) is 0.500. The first-order chi connectivity index (χ1) is 9.79. The smallest absolute Gasteiger partial charge is 0.326 e. The van der Waals surface area contributed by atoms with Crippen LogP contribution >= 0.6 is 11.6 Å². The zero-order valence-corrected chi connectivity index (χ0v) is 13.6. The second kappa shape index (κ2) is 7.46. The molecule has 21 heavy (non-hydrogen) atoms. The zero-order valence-electron chi connectivity index (χ0n) is 12.8. The maximum absolute atomic E-state index is 12.7. The standard InChI is InChI=1S/C16H22ClNO3/c1-5-13(16(20)21)18(4)15(19)14(10(2)3)11-6-8-12(17)9-7-11/h6-10,13-14H,5H2,1-4H3,(H,20,21). The van der Waals surface area contributed by atoms with E-state index in [-0.39, 0.29) is 17.7 Å². The number of aliphatic carboxylic acids is 1. The van der Waals surface area contributed by atoms with Gasteiger partial charge in [-0.3, -0.25) is 4.79 Å². The average molecular weight is 312 g/mol. The maximum atomic E-state index is 12.7. The van der Waals surface area contributed by atoms with E-state index in [1.807, 2.05) is 26.0 Å². The highest BCUT2D eigenvalue weighted by Crippen LogP contribution is 2.28. The van der Waals surface area contributed by atoms with Gasteiger partial charge in [-0.15, -0.1) is 0 Å². The molecule has 0 aliphatic heterocycles. The van der Waals surface area contributed by atoms with E-state index in [2.05, 4.69) is 0 Å². The number of hydrogen-bond donors (Lipinski definition) is 1. The van der Waals surface area contributed by atoms with Crippen molar-refractivity contribution >= 4 is 23.5 Å². The summed E-state index contributed by atoms with van der Waals surface area (Å²) in [7, 11) is 1.55. The number of benzene rings is 1. The summed E-state index contributed by atoms with van der Waals surface area (Å²) >= 11 is 5.88. The average Bonchev–Trinajstić information content (AvgIpc) is 2.41. The Morgan fingerprint density at radius 3 is 2.14 bits per heavy atom. The Bertz CT molecular complexity index is 499. The van der Waals surface area contributed by atoms with E-state index in [0.717, 1.165) is 5.56 Å². The monoisotopic (exact) mass is 311 g/mol. The minimum absolute atomic E-state index is 0.0624. The first-order valence-corrected chi connectivity index (χ1v) is 7.42. The number of carboxylic acid groups (broad SMARTS) is 1. The van der Waals surface area contributed by atoms with Crippen molar-refractivity contribution in [2.45, 2.75) is 39.2 Å². The van der Waals surface area contributed by atoms with Crippen molar-refractivity contribution in [1.29, 1.82) is 0 Å². The van der Waals surface area contributed by atoms with Gasteiger partial charge in [-0.2, -0.15) is 0 Å². The molecule has 2 atom stereocenters. The minimum atomic E-state index is -0.980. The molecule has 1 rings (SSSR count). The summed E-state index contributed by atoms with van der Waals surface area (Å²) in [5.41, 5.74) is 0.853. The molecule has 0 aliphatic carbocycles. The van der Waals surface area contributed by atoms with Gasteiger partial charge >= 0.3 is 5.97 Å². The lowest BCUT2D eigenvalue weighted by molar-refractivity contribution is -0.150. The van der Waals surface area contributed by atoms with E-state index in [1.54, 1.807) is 26.1 Å². The summed E-state index contributed by atoms with van der Waals surface area (Å²) in [6, 6.07) is 6.33. The van der Waals surface area contributed by atoms with Gasteiger partial charge in [0.15, 0.2) is 0 Å². The van der Waals surface area contributed by atoms with E-state index in [4.69, 9.17) is 11.6 Å². The van der Waals surface area contributed by atoms with Crippen LogP contribution in [0.15, 0.2) is 24.3 Å². The lowest BCUT2D eigenvalue weighted by Crippen LogP contribution is -2.45. The molecule has 0 saturated heterocycles. The van der Waals surface area contributed by atoms with Gasteiger partial charge in [0.05, 0.1) is 5.92 Å². The molecule has 2 unspecified atom stereocenters. The van der Waals surface area contributed by atoms with Crippen LogP contribution in [0.2, 0.25) is 5.02 Å². The van der Waals surface area contributed by atoms with Crippen LogP contribution < -0.4 is 0 Å². The lowest BCUT2D eigenvalue weighted by Gasteiger charge is -2.30. The minimum Gasteiger partial charge on any atom is -0.480 e. The molecule has 0 fully saturated rings. The van der Waals surface area contributed by atoms with Crippen molar-refractivity contribution in [3.8, 4) is 0 Å². The molecule has 0 heterocycles. The van der Waals surface area contributed by atoms with E-state index < -0.39 is 12.0 Å². The van der Waals surface area contributed by atoms with E-state index in [0.29, 0.717) is 11.4 Å². The molecule has 1 aromatic rings. The van der Waals surface area contributed by atoms with Crippen LogP contribution in [0, 0.1) is 5.92 Å². The number of hydrogen-bond acceptors (Lipinski definition) is 2. The Balaban J connectivity index is 3.08.